The van der Waals surface area contributed by atoms with Gasteiger partial charge in [0, 0.05) is 31.7 Å². The largest absolute Gasteiger partial charge is 0.497 e. The maximum absolute atomic E-state index is 5.30. The molecule has 0 amide bonds. The summed E-state index contributed by atoms with van der Waals surface area (Å²) in [4.78, 5) is 11.7. The van der Waals surface area contributed by atoms with Crippen molar-refractivity contribution in [3.8, 4) is 5.75 Å². The van der Waals surface area contributed by atoms with Crippen molar-refractivity contribution >= 4 is 0 Å². The van der Waals surface area contributed by atoms with Gasteiger partial charge in [-0.1, -0.05) is 26.0 Å². The first kappa shape index (κ1) is 15.0. The summed E-state index contributed by atoms with van der Waals surface area (Å²) in [6.45, 7) is 7.15. The van der Waals surface area contributed by atoms with E-state index in [-0.39, 0.29) is 0 Å². The van der Waals surface area contributed by atoms with E-state index >= 15 is 0 Å². The fraction of sp³-hybridized carbons (Fsp3) is 0.444. The highest BCUT2D eigenvalue weighted by Crippen LogP contribution is 2.21. The first-order valence-corrected chi connectivity index (χ1v) is 7.85. The van der Waals surface area contributed by atoms with Crippen molar-refractivity contribution in [2.24, 2.45) is 0 Å². The van der Waals surface area contributed by atoms with Crippen molar-refractivity contribution in [3.63, 3.8) is 0 Å². The highest BCUT2D eigenvalue weighted by atomic mass is 16.5. The third-order valence-corrected chi connectivity index (χ3v) is 4.10. The summed E-state index contributed by atoms with van der Waals surface area (Å²) in [5.74, 6) is 2.24. The van der Waals surface area contributed by atoms with E-state index in [4.69, 9.17) is 9.72 Å². The number of nitrogens with zero attached hydrogens (tertiary/aromatic N) is 3. The molecule has 0 atom stereocenters. The lowest BCUT2D eigenvalue weighted by Crippen LogP contribution is -2.31. The summed E-state index contributed by atoms with van der Waals surface area (Å²) < 4.78 is 5.30. The zero-order valence-corrected chi connectivity index (χ0v) is 13.5. The standard InChI is InChI=1S/C18H23N3O/c1-13(2)18-19-10-15-7-8-21(12-17(15)20-18)11-14-5-4-6-16(9-14)22-3/h4-6,9-10,13H,7-8,11-12H2,1-3H3. The van der Waals surface area contributed by atoms with Crippen LogP contribution >= 0.6 is 0 Å². The van der Waals surface area contributed by atoms with E-state index in [1.807, 2.05) is 18.3 Å². The Morgan fingerprint density at radius 2 is 2.18 bits per heavy atom. The van der Waals surface area contributed by atoms with Gasteiger partial charge in [-0.3, -0.25) is 4.90 Å². The van der Waals surface area contributed by atoms with Crippen LogP contribution < -0.4 is 4.74 Å². The first-order chi connectivity index (χ1) is 10.7. The Balaban J connectivity index is 1.74. The van der Waals surface area contributed by atoms with Crippen molar-refractivity contribution in [3.05, 3.63) is 53.1 Å². The smallest absolute Gasteiger partial charge is 0.131 e. The van der Waals surface area contributed by atoms with Crippen molar-refractivity contribution in [2.75, 3.05) is 13.7 Å². The van der Waals surface area contributed by atoms with Crippen LogP contribution in [0.3, 0.4) is 0 Å². The number of hydrogen-bond donors (Lipinski definition) is 0. The highest BCUT2D eigenvalue weighted by molar-refractivity contribution is 5.29. The van der Waals surface area contributed by atoms with E-state index in [1.165, 1.54) is 16.8 Å². The quantitative estimate of drug-likeness (QED) is 0.869. The fourth-order valence-electron chi connectivity index (χ4n) is 2.81. The molecule has 0 saturated heterocycles. The van der Waals surface area contributed by atoms with E-state index in [0.717, 1.165) is 37.6 Å². The van der Waals surface area contributed by atoms with Gasteiger partial charge in [-0.15, -0.1) is 0 Å². The van der Waals surface area contributed by atoms with Crippen LogP contribution in [0.5, 0.6) is 5.75 Å². The average Bonchev–Trinajstić information content (AvgIpc) is 2.54. The number of aromatic nitrogens is 2. The topological polar surface area (TPSA) is 38.2 Å². The van der Waals surface area contributed by atoms with E-state index in [0.29, 0.717) is 5.92 Å². The van der Waals surface area contributed by atoms with Crippen LogP contribution in [-0.4, -0.2) is 28.5 Å². The van der Waals surface area contributed by atoms with Gasteiger partial charge in [0.1, 0.15) is 11.6 Å². The van der Waals surface area contributed by atoms with Gasteiger partial charge in [0.15, 0.2) is 0 Å². The Bertz CT molecular complexity index is 655. The van der Waals surface area contributed by atoms with Crippen LogP contribution in [0.15, 0.2) is 30.5 Å². The Morgan fingerprint density at radius 1 is 1.32 bits per heavy atom. The van der Waals surface area contributed by atoms with Crippen molar-refractivity contribution < 1.29 is 4.74 Å². The minimum Gasteiger partial charge on any atom is -0.497 e. The molecule has 1 aliphatic heterocycles. The molecule has 0 unspecified atom stereocenters. The lowest BCUT2D eigenvalue weighted by Gasteiger charge is -2.28. The predicted molar refractivity (Wildman–Crippen MR) is 86.9 cm³/mol. The first-order valence-electron chi connectivity index (χ1n) is 7.85. The lowest BCUT2D eigenvalue weighted by atomic mass is 10.0. The molecule has 0 saturated carbocycles. The van der Waals surface area contributed by atoms with Gasteiger partial charge >= 0.3 is 0 Å². The number of benzene rings is 1. The summed E-state index contributed by atoms with van der Waals surface area (Å²) in [7, 11) is 1.71. The summed E-state index contributed by atoms with van der Waals surface area (Å²) in [5, 5.41) is 0. The van der Waals surface area contributed by atoms with Gasteiger partial charge in [-0.2, -0.15) is 0 Å². The lowest BCUT2D eigenvalue weighted by molar-refractivity contribution is 0.240. The monoisotopic (exact) mass is 297 g/mol. The molecule has 2 aromatic rings. The third-order valence-electron chi connectivity index (χ3n) is 4.10. The predicted octanol–water partition coefficient (Wildman–Crippen LogP) is 3.17. The second kappa shape index (κ2) is 6.44. The molecule has 4 heteroatoms. The molecule has 1 aliphatic rings. The van der Waals surface area contributed by atoms with Crippen LogP contribution in [0, 0.1) is 0 Å². The molecule has 1 aromatic heterocycles. The van der Waals surface area contributed by atoms with E-state index in [2.05, 4.69) is 35.9 Å². The van der Waals surface area contributed by atoms with Gasteiger partial charge in [0.25, 0.3) is 0 Å². The number of fused-ring (bicyclic) bond motifs is 1. The van der Waals surface area contributed by atoms with E-state index in [1.54, 1.807) is 7.11 Å². The van der Waals surface area contributed by atoms with Gasteiger partial charge in [0.05, 0.1) is 12.8 Å². The van der Waals surface area contributed by atoms with Crippen LogP contribution in [0.2, 0.25) is 0 Å². The maximum Gasteiger partial charge on any atom is 0.131 e. The van der Waals surface area contributed by atoms with Crippen LogP contribution in [-0.2, 0) is 19.5 Å². The van der Waals surface area contributed by atoms with Crippen molar-refractivity contribution in [1.29, 1.82) is 0 Å². The minimum absolute atomic E-state index is 0.374. The average molecular weight is 297 g/mol. The molecule has 22 heavy (non-hydrogen) atoms. The van der Waals surface area contributed by atoms with Crippen LogP contribution in [0.1, 0.15) is 42.4 Å². The zero-order chi connectivity index (χ0) is 15.5. The fourth-order valence-corrected chi connectivity index (χ4v) is 2.81. The highest BCUT2D eigenvalue weighted by Gasteiger charge is 2.19. The maximum atomic E-state index is 5.30. The molecule has 2 heterocycles. The molecule has 3 rings (SSSR count). The summed E-state index contributed by atoms with van der Waals surface area (Å²) >= 11 is 0. The molecule has 0 bridgehead atoms. The molecule has 4 nitrogen and oxygen atoms in total. The van der Waals surface area contributed by atoms with Gasteiger partial charge < -0.3 is 4.74 Å². The Morgan fingerprint density at radius 3 is 2.95 bits per heavy atom. The Kier molecular flexibility index (Phi) is 4.39. The van der Waals surface area contributed by atoms with Crippen molar-refractivity contribution in [2.45, 2.75) is 39.3 Å². The van der Waals surface area contributed by atoms with Gasteiger partial charge in [-0.05, 0) is 29.7 Å². The number of ether oxygens (including phenoxy) is 1. The second-order valence-corrected chi connectivity index (χ2v) is 6.17. The normalized spacial score (nSPS) is 14.9. The van der Waals surface area contributed by atoms with E-state index in [9.17, 15) is 0 Å². The van der Waals surface area contributed by atoms with Crippen LogP contribution in [0.25, 0.3) is 0 Å². The summed E-state index contributed by atoms with van der Waals surface area (Å²) in [6.07, 6.45) is 3.04. The molecule has 0 spiro atoms. The molecule has 1 aromatic carbocycles. The Hall–Kier alpha value is -1.94. The van der Waals surface area contributed by atoms with E-state index < -0.39 is 0 Å². The number of hydrogen-bond acceptors (Lipinski definition) is 4. The Labute approximate surface area is 132 Å². The summed E-state index contributed by atoms with van der Waals surface area (Å²) in [5.41, 5.74) is 3.76. The number of methoxy groups -OCH3 is 1. The van der Waals surface area contributed by atoms with Gasteiger partial charge in [-0.25, -0.2) is 9.97 Å². The molecular formula is C18H23N3O. The molecule has 0 aliphatic carbocycles. The zero-order valence-electron chi connectivity index (χ0n) is 13.5. The van der Waals surface area contributed by atoms with Gasteiger partial charge in [0.2, 0.25) is 0 Å². The molecule has 0 radical (unpaired) electrons. The molecule has 0 N–H and O–H groups in total. The number of rotatable bonds is 4. The minimum atomic E-state index is 0.374. The summed E-state index contributed by atoms with van der Waals surface area (Å²) in [6, 6.07) is 8.29. The SMILES string of the molecule is COc1cccc(CN2CCc3cnc(C(C)C)nc3C2)c1. The third kappa shape index (κ3) is 3.28. The molecule has 116 valence electrons. The molecule has 0 fully saturated rings. The van der Waals surface area contributed by atoms with Crippen LogP contribution in [0.4, 0.5) is 0 Å². The second-order valence-electron chi connectivity index (χ2n) is 6.17. The van der Waals surface area contributed by atoms with Crippen molar-refractivity contribution in [1.82, 2.24) is 14.9 Å². The molecular weight excluding hydrogens is 274 g/mol.